The SMILES string of the molecule is COc1cccc(C=C(C#N)c2ccc([N+](=O)[O-])cc2)c1OCc1ccccc1Cl. The zero-order chi connectivity index (χ0) is 21.5. The van der Waals surface area contributed by atoms with Gasteiger partial charge in [-0.1, -0.05) is 41.9 Å². The van der Waals surface area contributed by atoms with Gasteiger partial charge in [0.2, 0.25) is 0 Å². The maximum Gasteiger partial charge on any atom is 0.269 e. The van der Waals surface area contributed by atoms with E-state index in [2.05, 4.69) is 6.07 Å². The molecule has 0 unspecified atom stereocenters. The number of nitrogens with zero attached hydrogens (tertiary/aromatic N) is 2. The number of ether oxygens (including phenoxy) is 2. The summed E-state index contributed by atoms with van der Waals surface area (Å²) in [7, 11) is 1.53. The molecule has 30 heavy (non-hydrogen) atoms. The Kier molecular flexibility index (Phi) is 6.68. The van der Waals surface area contributed by atoms with Crippen LogP contribution < -0.4 is 9.47 Å². The molecule has 6 nitrogen and oxygen atoms in total. The second-order valence-electron chi connectivity index (χ2n) is 6.23. The molecule has 3 rings (SSSR count). The van der Waals surface area contributed by atoms with Gasteiger partial charge in [-0.25, -0.2) is 0 Å². The first kappa shape index (κ1) is 20.9. The van der Waals surface area contributed by atoms with E-state index in [1.165, 1.54) is 31.4 Å². The Balaban J connectivity index is 1.97. The molecule has 3 aromatic rings. The first-order chi connectivity index (χ1) is 14.5. The fraction of sp³-hybridized carbons (Fsp3) is 0.0870. The largest absolute Gasteiger partial charge is 0.493 e. The third kappa shape index (κ3) is 4.77. The van der Waals surface area contributed by atoms with Gasteiger partial charge in [0.1, 0.15) is 6.61 Å². The molecule has 0 bridgehead atoms. The standard InChI is InChI=1S/C23H17ClN2O4/c1-29-22-8-4-6-17(23(22)30-15-18-5-2-3-7-21(18)24)13-19(14-25)16-9-11-20(12-10-16)26(27)28/h2-13H,15H2,1H3. The topological polar surface area (TPSA) is 85.4 Å². The van der Waals surface area contributed by atoms with Crippen molar-refractivity contribution in [1.82, 2.24) is 0 Å². The van der Waals surface area contributed by atoms with E-state index in [1.807, 2.05) is 18.2 Å². The first-order valence-corrected chi connectivity index (χ1v) is 9.31. The van der Waals surface area contributed by atoms with Crippen LogP contribution in [0.3, 0.4) is 0 Å². The summed E-state index contributed by atoms with van der Waals surface area (Å²) in [4.78, 5) is 10.4. The van der Waals surface area contributed by atoms with Crippen molar-refractivity contribution in [2.75, 3.05) is 7.11 Å². The maximum absolute atomic E-state index is 10.9. The van der Waals surface area contributed by atoms with Gasteiger partial charge in [0, 0.05) is 28.3 Å². The normalized spacial score (nSPS) is 10.9. The second-order valence-corrected chi connectivity index (χ2v) is 6.64. The number of halogens is 1. The van der Waals surface area contributed by atoms with Gasteiger partial charge in [0.15, 0.2) is 11.5 Å². The summed E-state index contributed by atoms with van der Waals surface area (Å²) < 4.78 is 11.4. The zero-order valence-corrected chi connectivity index (χ0v) is 16.8. The van der Waals surface area contributed by atoms with E-state index in [-0.39, 0.29) is 12.3 Å². The van der Waals surface area contributed by atoms with Crippen molar-refractivity contribution < 1.29 is 14.4 Å². The summed E-state index contributed by atoms with van der Waals surface area (Å²) in [6.45, 7) is 0.223. The minimum atomic E-state index is -0.484. The third-order valence-electron chi connectivity index (χ3n) is 4.37. The van der Waals surface area contributed by atoms with E-state index in [0.717, 1.165) is 5.56 Å². The molecule has 0 radical (unpaired) electrons. The van der Waals surface area contributed by atoms with E-state index in [4.69, 9.17) is 21.1 Å². The highest BCUT2D eigenvalue weighted by Gasteiger charge is 2.13. The van der Waals surface area contributed by atoms with Crippen LogP contribution in [0.5, 0.6) is 11.5 Å². The highest BCUT2D eigenvalue weighted by molar-refractivity contribution is 6.31. The zero-order valence-electron chi connectivity index (χ0n) is 16.0. The summed E-state index contributed by atoms with van der Waals surface area (Å²) in [5.41, 5.74) is 2.30. The fourth-order valence-electron chi connectivity index (χ4n) is 2.83. The van der Waals surface area contributed by atoms with Gasteiger partial charge in [-0.2, -0.15) is 5.26 Å². The molecule has 0 aliphatic rings. The number of nitriles is 1. The number of rotatable bonds is 7. The quantitative estimate of drug-likeness (QED) is 0.205. The highest BCUT2D eigenvalue weighted by atomic mass is 35.5. The molecule has 0 amide bonds. The first-order valence-electron chi connectivity index (χ1n) is 8.93. The van der Waals surface area contributed by atoms with E-state index >= 15 is 0 Å². The monoisotopic (exact) mass is 420 g/mol. The van der Waals surface area contributed by atoms with Crippen molar-refractivity contribution in [1.29, 1.82) is 5.26 Å². The van der Waals surface area contributed by atoms with Gasteiger partial charge in [-0.05, 0) is 35.9 Å². The van der Waals surface area contributed by atoms with Crippen LogP contribution in [0.1, 0.15) is 16.7 Å². The lowest BCUT2D eigenvalue weighted by Crippen LogP contribution is -2.00. The van der Waals surface area contributed by atoms with Crippen molar-refractivity contribution in [2.45, 2.75) is 6.61 Å². The van der Waals surface area contributed by atoms with Gasteiger partial charge in [-0.3, -0.25) is 10.1 Å². The average molecular weight is 421 g/mol. The van der Waals surface area contributed by atoms with Crippen LogP contribution >= 0.6 is 11.6 Å². The molecule has 0 aliphatic carbocycles. The van der Waals surface area contributed by atoms with Crippen molar-refractivity contribution in [3.05, 3.63) is 98.6 Å². The smallest absolute Gasteiger partial charge is 0.269 e. The number of allylic oxidation sites excluding steroid dienone is 1. The molecule has 0 saturated carbocycles. The molecule has 7 heteroatoms. The van der Waals surface area contributed by atoms with Crippen LogP contribution in [0, 0.1) is 21.4 Å². The molecule has 0 aliphatic heterocycles. The Morgan fingerprint density at radius 2 is 1.87 bits per heavy atom. The number of hydrogen-bond acceptors (Lipinski definition) is 5. The Bertz CT molecular complexity index is 1130. The summed E-state index contributed by atoms with van der Waals surface area (Å²) in [6, 6.07) is 20.6. The molecule has 0 saturated heterocycles. The second kappa shape index (κ2) is 9.59. The van der Waals surface area contributed by atoms with Gasteiger partial charge in [0.05, 0.1) is 23.7 Å². The fourth-order valence-corrected chi connectivity index (χ4v) is 3.02. The maximum atomic E-state index is 10.9. The van der Waals surface area contributed by atoms with Crippen molar-refractivity contribution in [3.63, 3.8) is 0 Å². The van der Waals surface area contributed by atoms with Crippen LogP contribution in [0.25, 0.3) is 11.6 Å². The van der Waals surface area contributed by atoms with Crippen LogP contribution in [-0.2, 0) is 6.61 Å². The third-order valence-corrected chi connectivity index (χ3v) is 4.74. The number of hydrogen-bond donors (Lipinski definition) is 0. The van der Waals surface area contributed by atoms with Crippen LogP contribution in [0.2, 0.25) is 5.02 Å². The van der Waals surface area contributed by atoms with Crippen LogP contribution in [0.4, 0.5) is 5.69 Å². The van der Waals surface area contributed by atoms with Gasteiger partial charge < -0.3 is 9.47 Å². The number of para-hydroxylation sites is 1. The lowest BCUT2D eigenvalue weighted by Gasteiger charge is -2.14. The molecule has 0 N–H and O–H groups in total. The number of nitro benzene ring substituents is 1. The summed E-state index contributed by atoms with van der Waals surface area (Å²) in [5, 5.41) is 21.1. The van der Waals surface area contributed by atoms with E-state index in [9.17, 15) is 15.4 Å². The van der Waals surface area contributed by atoms with E-state index in [1.54, 1.807) is 30.3 Å². The van der Waals surface area contributed by atoms with Crippen molar-refractivity contribution in [2.24, 2.45) is 0 Å². The number of benzene rings is 3. The lowest BCUT2D eigenvalue weighted by molar-refractivity contribution is -0.384. The number of non-ortho nitro benzene ring substituents is 1. The summed E-state index contributed by atoms with van der Waals surface area (Å²) in [5.74, 6) is 0.978. The van der Waals surface area contributed by atoms with E-state index in [0.29, 0.717) is 33.2 Å². The Morgan fingerprint density at radius 3 is 2.50 bits per heavy atom. The average Bonchev–Trinajstić information content (AvgIpc) is 2.77. The number of methoxy groups -OCH3 is 1. The summed E-state index contributed by atoms with van der Waals surface area (Å²) in [6.07, 6.45) is 1.66. The molecule has 0 heterocycles. The van der Waals surface area contributed by atoms with Gasteiger partial charge in [0.25, 0.3) is 5.69 Å². The Morgan fingerprint density at radius 1 is 1.13 bits per heavy atom. The molecule has 0 spiro atoms. The lowest BCUT2D eigenvalue weighted by atomic mass is 10.0. The molecular weight excluding hydrogens is 404 g/mol. The summed E-state index contributed by atoms with van der Waals surface area (Å²) >= 11 is 6.21. The molecule has 0 atom stereocenters. The molecule has 0 fully saturated rings. The highest BCUT2D eigenvalue weighted by Crippen LogP contribution is 2.35. The van der Waals surface area contributed by atoms with Crippen LogP contribution in [0.15, 0.2) is 66.7 Å². The molecular formula is C23H17ClN2O4. The van der Waals surface area contributed by atoms with Gasteiger partial charge in [-0.15, -0.1) is 0 Å². The minimum Gasteiger partial charge on any atom is -0.493 e. The van der Waals surface area contributed by atoms with E-state index < -0.39 is 4.92 Å². The predicted molar refractivity (Wildman–Crippen MR) is 115 cm³/mol. The number of nitro groups is 1. The molecule has 150 valence electrons. The van der Waals surface area contributed by atoms with Crippen molar-refractivity contribution >= 4 is 28.9 Å². The molecule has 3 aromatic carbocycles. The minimum absolute atomic E-state index is 0.0406. The Hall–Kier alpha value is -3.82. The van der Waals surface area contributed by atoms with Crippen LogP contribution in [-0.4, -0.2) is 12.0 Å². The van der Waals surface area contributed by atoms with Gasteiger partial charge >= 0.3 is 0 Å². The Labute approximate surface area is 178 Å². The molecule has 0 aromatic heterocycles. The van der Waals surface area contributed by atoms with Crippen molar-refractivity contribution in [3.8, 4) is 17.6 Å². The predicted octanol–water partition coefficient (Wildman–Crippen LogP) is 5.90.